The molecule has 3 aromatic rings. The number of benzene rings is 1. The molecule has 0 radical (unpaired) electrons. The van der Waals surface area contributed by atoms with E-state index in [2.05, 4.69) is 41.5 Å². The molecule has 0 aliphatic heterocycles. The van der Waals surface area contributed by atoms with Gasteiger partial charge in [-0.1, -0.05) is 43.4 Å². The van der Waals surface area contributed by atoms with E-state index in [-0.39, 0.29) is 0 Å². The first-order valence-electron chi connectivity index (χ1n) is 6.78. The van der Waals surface area contributed by atoms with Gasteiger partial charge in [0.05, 0.1) is 5.52 Å². The number of hydrogen-bond donors (Lipinski definition) is 1. The maximum atomic E-state index is 4.79. The van der Waals surface area contributed by atoms with Gasteiger partial charge in [0.1, 0.15) is 10.5 Å². The second-order valence-corrected chi connectivity index (χ2v) is 7.06. The van der Waals surface area contributed by atoms with Crippen molar-refractivity contribution >= 4 is 34.0 Å². The number of aromatic nitrogens is 3. The second-order valence-electron chi connectivity index (χ2n) is 4.99. The zero-order chi connectivity index (χ0) is 14.7. The van der Waals surface area contributed by atoms with E-state index in [0.717, 1.165) is 21.4 Å². The van der Waals surface area contributed by atoms with Crippen molar-refractivity contribution in [1.82, 2.24) is 20.5 Å². The number of para-hydroxylation sites is 1. The summed E-state index contributed by atoms with van der Waals surface area (Å²) in [5, 5.41) is 13.6. The van der Waals surface area contributed by atoms with Crippen LogP contribution in [-0.4, -0.2) is 21.2 Å². The van der Waals surface area contributed by atoms with E-state index in [4.69, 9.17) is 4.98 Å². The van der Waals surface area contributed by atoms with Gasteiger partial charge in [-0.25, -0.2) is 4.98 Å². The summed E-state index contributed by atoms with van der Waals surface area (Å²) >= 11 is 3.12. The van der Waals surface area contributed by atoms with Crippen LogP contribution >= 0.6 is 23.1 Å². The molecule has 2 aromatic heterocycles. The molecule has 0 bridgehead atoms. The largest absolute Gasteiger partial charge is 0.310 e. The molecule has 0 unspecified atom stereocenters. The van der Waals surface area contributed by atoms with Crippen molar-refractivity contribution in [3.63, 3.8) is 0 Å². The van der Waals surface area contributed by atoms with Gasteiger partial charge in [-0.15, -0.1) is 10.2 Å². The van der Waals surface area contributed by atoms with Crippen LogP contribution in [0, 0.1) is 0 Å². The molecule has 1 aromatic carbocycles. The standard InChI is InChI=1S/C15H16N4S2/c1-10(2)16-8-12-7-11-5-3-4-6-13(11)18-14(12)21-15-19-17-9-20-15/h3-7,9-10,16H,8H2,1-2H3. The van der Waals surface area contributed by atoms with E-state index >= 15 is 0 Å². The van der Waals surface area contributed by atoms with E-state index in [9.17, 15) is 0 Å². The number of fused-ring (bicyclic) bond motifs is 1. The molecule has 0 aliphatic carbocycles. The van der Waals surface area contributed by atoms with Crippen molar-refractivity contribution in [2.24, 2.45) is 0 Å². The van der Waals surface area contributed by atoms with Crippen molar-refractivity contribution in [1.29, 1.82) is 0 Å². The van der Waals surface area contributed by atoms with E-state index in [0.29, 0.717) is 6.04 Å². The summed E-state index contributed by atoms with van der Waals surface area (Å²) in [5.74, 6) is 0. The molecule has 21 heavy (non-hydrogen) atoms. The number of pyridine rings is 1. The molecule has 108 valence electrons. The average Bonchev–Trinajstić information content (AvgIpc) is 2.98. The van der Waals surface area contributed by atoms with Crippen molar-refractivity contribution < 1.29 is 0 Å². The Kier molecular flexibility index (Phi) is 4.48. The average molecular weight is 316 g/mol. The van der Waals surface area contributed by atoms with Gasteiger partial charge in [-0.2, -0.15) is 0 Å². The summed E-state index contributed by atoms with van der Waals surface area (Å²) in [7, 11) is 0. The zero-order valence-corrected chi connectivity index (χ0v) is 13.5. The van der Waals surface area contributed by atoms with Crippen LogP contribution in [0.1, 0.15) is 19.4 Å². The molecular weight excluding hydrogens is 300 g/mol. The predicted octanol–water partition coefficient (Wildman–Crippen LogP) is 3.74. The van der Waals surface area contributed by atoms with Crippen molar-refractivity contribution in [2.45, 2.75) is 35.8 Å². The molecule has 0 atom stereocenters. The molecule has 4 nitrogen and oxygen atoms in total. The normalized spacial score (nSPS) is 11.4. The third kappa shape index (κ3) is 3.58. The number of nitrogens with zero attached hydrogens (tertiary/aromatic N) is 3. The van der Waals surface area contributed by atoms with Crippen LogP contribution in [0.4, 0.5) is 0 Å². The van der Waals surface area contributed by atoms with E-state index < -0.39 is 0 Å². The Labute approximate surface area is 132 Å². The Morgan fingerprint density at radius 3 is 2.90 bits per heavy atom. The molecule has 0 saturated heterocycles. The highest BCUT2D eigenvalue weighted by Crippen LogP contribution is 2.31. The number of rotatable bonds is 5. The Hall–Kier alpha value is -1.50. The highest BCUT2D eigenvalue weighted by Gasteiger charge is 2.11. The van der Waals surface area contributed by atoms with E-state index in [1.807, 2.05) is 18.2 Å². The highest BCUT2D eigenvalue weighted by molar-refractivity contribution is 8.01. The minimum Gasteiger partial charge on any atom is -0.310 e. The Balaban J connectivity index is 1.99. The van der Waals surface area contributed by atoms with Crippen LogP contribution in [0.15, 0.2) is 45.2 Å². The molecule has 6 heteroatoms. The van der Waals surface area contributed by atoms with Gasteiger partial charge in [0.2, 0.25) is 0 Å². The van der Waals surface area contributed by atoms with Crippen LogP contribution in [0.3, 0.4) is 0 Å². The van der Waals surface area contributed by atoms with Crippen molar-refractivity contribution in [2.75, 3.05) is 0 Å². The first kappa shape index (κ1) is 14.4. The summed E-state index contributed by atoms with van der Waals surface area (Å²) in [5.41, 5.74) is 3.95. The Morgan fingerprint density at radius 1 is 1.29 bits per heavy atom. The van der Waals surface area contributed by atoms with E-state index in [1.54, 1.807) is 17.3 Å². The summed E-state index contributed by atoms with van der Waals surface area (Å²) < 4.78 is 0.920. The SMILES string of the molecule is CC(C)NCc1cc2ccccc2nc1Sc1nncs1. The van der Waals surface area contributed by atoms with Crippen molar-refractivity contribution in [3.05, 3.63) is 41.4 Å². The fourth-order valence-corrected chi connectivity index (χ4v) is 3.46. The van der Waals surface area contributed by atoms with Crippen LogP contribution in [-0.2, 0) is 6.54 Å². The lowest BCUT2D eigenvalue weighted by Crippen LogP contribution is -2.22. The second kappa shape index (κ2) is 6.51. The van der Waals surface area contributed by atoms with Gasteiger partial charge in [0, 0.05) is 18.0 Å². The van der Waals surface area contributed by atoms with Crippen LogP contribution in [0.25, 0.3) is 10.9 Å². The minimum atomic E-state index is 0.441. The predicted molar refractivity (Wildman–Crippen MR) is 87.8 cm³/mol. The summed E-state index contributed by atoms with van der Waals surface area (Å²) in [6, 6.07) is 10.8. The maximum Gasteiger partial charge on any atom is 0.180 e. The minimum absolute atomic E-state index is 0.441. The zero-order valence-electron chi connectivity index (χ0n) is 11.9. The quantitative estimate of drug-likeness (QED) is 0.777. The van der Waals surface area contributed by atoms with Gasteiger partial charge < -0.3 is 5.32 Å². The maximum absolute atomic E-state index is 4.79. The fraction of sp³-hybridized carbons (Fsp3) is 0.267. The monoisotopic (exact) mass is 316 g/mol. The third-order valence-electron chi connectivity index (χ3n) is 2.99. The van der Waals surface area contributed by atoms with Crippen molar-refractivity contribution in [3.8, 4) is 0 Å². The van der Waals surface area contributed by atoms with Gasteiger partial charge in [0.15, 0.2) is 4.34 Å². The molecule has 0 aliphatic rings. The lowest BCUT2D eigenvalue weighted by Gasteiger charge is -2.12. The lowest BCUT2D eigenvalue weighted by atomic mass is 10.1. The van der Waals surface area contributed by atoms with Gasteiger partial charge in [-0.05, 0) is 29.5 Å². The summed E-state index contributed by atoms with van der Waals surface area (Å²) in [4.78, 5) is 4.79. The van der Waals surface area contributed by atoms with Gasteiger partial charge >= 0.3 is 0 Å². The van der Waals surface area contributed by atoms with Crippen LogP contribution < -0.4 is 5.32 Å². The molecular formula is C15H16N4S2. The topological polar surface area (TPSA) is 50.7 Å². The van der Waals surface area contributed by atoms with Crippen LogP contribution in [0.5, 0.6) is 0 Å². The lowest BCUT2D eigenvalue weighted by molar-refractivity contribution is 0.583. The Bertz CT molecular complexity index is 726. The molecule has 1 N–H and O–H groups in total. The smallest absolute Gasteiger partial charge is 0.180 e. The number of nitrogens with one attached hydrogen (secondary N) is 1. The van der Waals surface area contributed by atoms with Gasteiger partial charge in [-0.3, -0.25) is 0 Å². The molecule has 0 saturated carbocycles. The molecule has 3 rings (SSSR count). The first-order chi connectivity index (χ1) is 10.2. The molecule has 0 amide bonds. The number of hydrogen-bond acceptors (Lipinski definition) is 6. The summed E-state index contributed by atoms with van der Waals surface area (Å²) in [6.45, 7) is 5.09. The van der Waals surface area contributed by atoms with E-state index in [1.165, 1.54) is 22.3 Å². The molecule has 0 fully saturated rings. The first-order valence-corrected chi connectivity index (χ1v) is 8.48. The Morgan fingerprint density at radius 2 is 2.14 bits per heavy atom. The highest BCUT2D eigenvalue weighted by atomic mass is 32.2. The third-order valence-corrected chi connectivity index (χ3v) is 4.81. The summed E-state index contributed by atoms with van der Waals surface area (Å²) in [6.07, 6.45) is 0. The fourth-order valence-electron chi connectivity index (χ4n) is 1.96. The van der Waals surface area contributed by atoms with Gasteiger partial charge in [0.25, 0.3) is 0 Å². The van der Waals surface area contributed by atoms with Crippen LogP contribution in [0.2, 0.25) is 0 Å². The molecule has 2 heterocycles. The molecule has 0 spiro atoms.